The molecule has 0 aliphatic heterocycles. The lowest BCUT2D eigenvalue weighted by Gasteiger charge is -2.24. The number of pyridine rings is 2. The SMILES string of the molecule is O=C(C(Cc1cc(Br)ccn1)c1ccc(Cl)cc1)C(Cc1cc(Br)ccn1)c1ccc(Cl)cc1. The molecule has 34 heavy (non-hydrogen) atoms. The van der Waals surface area contributed by atoms with E-state index in [2.05, 4.69) is 41.8 Å². The van der Waals surface area contributed by atoms with Crippen LogP contribution >= 0.6 is 55.1 Å². The number of ketones is 1. The summed E-state index contributed by atoms with van der Waals surface area (Å²) in [5, 5.41) is 1.26. The van der Waals surface area contributed by atoms with Crippen molar-refractivity contribution < 1.29 is 4.79 Å². The summed E-state index contributed by atoms with van der Waals surface area (Å²) < 4.78 is 1.85. The van der Waals surface area contributed by atoms with Crippen molar-refractivity contribution in [2.75, 3.05) is 0 Å². The van der Waals surface area contributed by atoms with Crippen molar-refractivity contribution in [2.24, 2.45) is 0 Å². The predicted molar refractivity (Wildman–Crippen MR) is 145 cm³/mol. The molecule has 0 radical (unpaired) electrons. The summed E-state index contributed by atoms with van der Waals surface area (Å²) in [4.78, 5) is 23.2. The zero-order valence-electron chi connectivity index (χ0n) is 18.0. The highest BCUT2D eigenvalue weighted by Crippen LogP contribution is 2.33. The van der Waals surface area contributed by atoms with E-state index >= 15 is 0 Å². The Labute approximate surface area is 225 Å². The topological polar surface area (TPSA) is 42.9 Å². The van der Waals surface area contributed by atoms with Crippen LogP contribution in [0.25, 0.3) is 0 Å². The van der Waals surface area contributed by atoms with Gasteiger partial charge >= 0.3 is 0 Å². The molecule has 0 bridgehead atoms. The van der Waals surface area contributed by atoms with E-state index in [0.717, 1.165) is 31.5 Å². The zero-order valence-corrected chi connectivity index (χ0v) is 22.7. The van der Waals surface area contributed by atoms with Crippen LogP contribution in [-0.4, -0.2) is 15.8 Å². The normalized spacial score (nSPS) is 12.8. The van der Waals surface area contributed by atoms with Crippen molar-refractivity contribution >= 4 is 60.8 Å². The number of Topliss-reactive ketones (excluding diaryl/α,β-unsaturated/α-hetero) is 1. The minimum atomic E-state index is -0.410. The molecule has 0 amide bonds. The van der Waals surface area contributed by atoms with E-state index in [1.165, 1.54) is 0 Å². The molecular weight excluding hydrogens is 599 g/mol. The fourth-order valence-corrected chi connectivity index (χ4v) is 4.95. The third kappa shape index (κ3) is 6.54. The minimum absolute atomic E-state index is 0.0909. The number of benzene rings is 2. The Balaban J connectivity index is 1.76. The zero-order chi connectivity index (χ0) is 24.1. The highest BCUT2D eigenvalue weighted by molar-refractivity contribution is 9.10. The first-order chi connectivity index (χ1) is 16.4. The summed E-state index contributed by atoms with van der Waals surface area (Å²) in [6.07, 6.45) is 4.42. The molecule has 2 aromatic heterocycles. The Kier molecular flexibility index (Phi) is 8.54. The standard InChI is InChI=1S/C27H20Br2Cl2N2O/c28-19-9-11-32-23(13-19)15-25(17-1-5-21(30)6-2-17)27(34)26(18-3-7-22(31)8-4-18)16-24-14-20(29)10-12-33-24/h1-14,25-26H,15-16H2. The summed E-state index contributed by atoms with van der Waals surface area (Å²) in [5.41, 5.74) is 3.46. The minimum Gasteiger partial charge on any atom is -0.298 e. The molecule has 2 unspecified atom stereocenters. The lowest BCUT2D eigenvalue weighted by molar-refractivity contribution is -0.122. The number of aromatic nitrogens is 2. The molecule has 0 saturated carbocycles. The van der Waals surface area contributed by atoms with Crippen molar-refractivity contribution in [1.29, 1.82) is 0 Å². The molecule has 7 heteroatoms. The molecule has 0 spiro atoms. The molecule has 0 fully saturated rings. The van der Waals surface area contributed by atoms with Crippen LogP contribution in [0.3, 0.4) is 0 Å². The van der Waals surface area contributed by atoms with Gasteiger partial charge in [0.1, 0.15) is 5.78 Å². The molecule has 2 heterocycles. The smallest absolute Gasteiger partial charge is 0.148 e. The number of hydrogen-bond donors (Lipinski definition) is 0. The fourth-order valence-electron chi connectivity index (χ4n) is 3.94. The van der Waals surface area contributed by atoms with Crippen LogP contribution in [0.15, 0.2) is 94.1 Å². The van der Waals surface area contributed by atoms with Gasteiger partial charge in [-0.3, -0.25) is 14.8 Å². The Hall–Kier alpha value is -2.05. The van der Waals surface area contributed by atoms with E-state index in [4.69, 9.17) is 23.2 Å². The van der Waals surface area contributed by atoms with Gasteiger partial charge in [-0.2, -0.15) is 0 Å². The number of nitrogens with zero attached hydrogens (tertiary/aromatic N) is 2. The summed E-state index contributed by atoms with van der Waals surface area (Å²) in [6.45, 7) is 0. The quantitative estimate of drug-likeness (QED) is 0.200. The molecule has 4 rings (SSSR count). The monoisotopic (exact) mass is 616 g/mol. The second kappa shape index (κ2) is 11.6. The van der Waals surface area contributed by atoms with Gasteiger partial charge in [-0.05, 0) is 59.7 Å². The molecule has 0 aliphatic rings. The van der Waals surface area contributed by atoms with Crippen LogP contribution < -0.4 is 0 Å². The molecule has 172 valence electrons. The van der Waals surface area contributed by atoms with E-state index in [0.29, 0.717) is 22.9 Å². The van der Waals surface area contributed by atoms with E-state index < -0.39 is 11.8 Å². The number of carbonyl (C=O) groups is 1. The van der Waals surface area contributed by atoms with Gasteiger partial charge in [0.2, 0.25) is 0 Å². The van der Waals surface area contributed by atoms with Gasteiger partial charge < -0.3 is 0 Å². The van der Waals surface area contributed by atoms with E-state index in [9.17, 15) is 4.79 Å². The van der Waals surface area contributed by atoms with E-state index in [-0.39, 0.29) is 5.78 Å². The van der Waals surface area contributed by atoms with E-state index in [1.54, 1.807) is 12.4 Å². The van der Waals surface area contributed by atoms with Crippen molar-refractivity contribution in [2.45, 2.75) is 24.7 Å². The average molecular weight is 619 g/mol. The lowest BCUT2D eigenvalue weighted by Crippen LogP contribution is -2.25. The number of carbonyl (C=O) groups excluding carboxylic acids is 1. The van der Waals surface area contributed by atoms with Crippen molar-refractivity contribution in [3.8, 4) is 0 Å². The van der Waals surface area contributed by atoms with Gasteiger partial charge in [0, 0.05) is 67.4 Å². The summed E-state index contributed by atoms with van der Waals surface area (Å²) in [6, 6.07) is 22.6. The van der Waals surface area contributed by atoms with Gasteiger partial charge in [-0.15, -0.1) is 0 Å². The molecule has 0 aliphatic carbocycles. The summed E-state index contributed by atoms with van der Waals surface area (Å²) in [5.74, 6) is -0.730. The predicted octanol–water partition coefficient (Wildman–Crippen LogP) is 8.23. The van der Waals surface area contributed by atoms with E-state index in [1.807, 2.05) is 72.8 Å². The molecule has 3 nitrogen and oxygen atoms in total. The maximum Gasteiger partial charge on any atom is 0.148 e. The molecule has 2 atom stereocenters. The lowest BCUT2D eigenvalue weighted by atomic mass is 9.79. The van der Waals surface area contributed by atoms with Crippen LogP contribution in [0.2, 0.25) is 10.0 Å². The first kappa shape index (κ1) is 25.1. The van der Waals surface area contributed by atoms with Crippen LogP contribution in [0.4, 0.5) is 0 Å². The first-order valence-corrected chi connectivity index (χ1v) is 13.0. The second-order valence-electron chi connectivity index (χ2n) is 7.95. The third-order valence-electron chi connectivity index (χ3n) is 5.62. The van der Waals surface area contributed by atoms with Gasteiger partial charge in [0.15, 0.2) is 0 Å². The molecule has 4 aromatic rings. The number of halogens is 4. The molecule has 0 saturated heterocycles. The van der Waals surface area contributed by atoms with Crippen molar-refractivity contribution in [1.82, 2.24) is 9.97 Å². The fraction of sp³-hybridized carbons (Fsp3) is 0.148. The van der Waals surface area contributed by atoms with Crippen LogP contribution in [0, 0.1) is 0 Å². The maximum atomic E-state index is 14.2. The second-order valence-corrected chi connectivity index (χ2v) is 10.7. The summed E-state index contributed by atoms with van der Waals surface area (Å²) >= 11 is 19.3. The molecule has 2 aromatic carbocycles. The largest absolute Gasteiger partial charge is 0.298 e. The molecular formula is C27H20Br2Cl2N2O. The Bertz CT molecular complexity index is 1180. The van der Waals surface area contributed by atoms with Crippen molar-refractivity contribution in [3.63, 3.8) is 0 Å². The van der Waals surface area contributed by atoms with Crippen LogP contribution in [-0.2, 0) is 17.6 Å². The highest BCUT2D eigenvalue weighted by atomic mass is 79.9. The van der Waals surface area contributed by atoms with Crippen LogP contribution in [0.5, 0.6) is 0 Å². The Morgan fingerprint density at radius 2 is 1.06 bits per heavy atom. The van der Waals surface area contributed by atoms with Gasteiger partial charge in [-0.25, -0.2) is 0 Å². The number of rotatable bonds is 8. The highest BCUT2D eigenvalue weighted by Gasteiger charge is 2.31. The molecule has 0 N–H and O–H groups in total. The Morgan fingerprint density at radius 1 is 0.676 bits per heavy atom. The first-order valence-electron chi connectivity index (χ1n) is 10.6. The van der Waals surface area contributed by atoms with Gasteiger partial charge in [0.25, 0.3) is 0 Å². The maximum absolute atomic E-state index is 14.2. The Morgan fingerprint density at radius 3 is 1.41 bits per heavy atom. The average Bonchev–Trinajstić information content (AvgIpc) is 2.82. The van der Waals surface area contributed by atoms with Gasteiger partial charge in [-0.1, -0.05) is 79.3 Å². The summed E-state index contributed by atoms with van der Waals surface area (Å²) in [7, 11) is 0. The third-order valence-corrected chi connectivity index (χ3v) is 7.11. The van der Waals surface area contributed by atoms with Gasteiger partial charge in [0.05, 0.1) is 0 Å². The van der Waals surface area contributed by atoms with Crippen LogP contribution in [0.1, 0.15) is 34.4 Å². The number of hydrogen-bond acceptors (Lipinski definition) is 3. The van der Waals surface area contributed by atoms with Crippen molar-refractivity contribution in [3.05, 3.63) is 127 Å².